The highest BCUT2D eigenvalue weighted by molar-refractivity contribution is 6.34. The Kier molecular flexibility index (Phi) is 6.69. The Morgan fingerprint density at radius 1 is 0.724 bits per heavy atom. The minimum Gasteiger partial charge on any atom is -0.317 e. The Bertz CT molecular complexity index is 869. The molecule has 0 aliphatic heterocycles. The molecular weight excluding hydrogens is 449 g/mol. The number of amides is 2. The van der Waals surface area contributed by atoms with Crippen molar-refractivity contribution in [3.63, 3.8) is 0 Å². The van der Waals surface area contributed by atoms with Crippen LogP contribution >= 0.6 is 23.2 Å². The molecule has 156 valence electrons. The highest BCUT2D eigenvalue weighted by Gasteiger charge is 2.39. The van der Waals surface area contributed by atoms with Crippen molar-refractivity contribution < 1.29 is 35.9 Å². The van der Waals surface area contributed by atoms with Crippen LogP contribution in [-0.4, -0.2) is 24.2 Å². The molecule has 0 heterocycles. The highest BCUT2D eigenvalue weighted by Crippen LogP contribution is 2.29. The largest absolute Gasteiger partial charge is 0.471 e. The summed E-state index contributed by atoms with van der Waals surface area (Å²) in [5, 5.41) is 3.00. The van der Waals surface area contributed by atoms with Crippen LogP contribution in [0.4, 0.5) is 37.7 Å². The highest BCUT2D eigenvalue weighted by atomic mass is 35.5. The van der Waals surface area contributed by atoms with Crippen molar-refractivity contribution in [3.05, 3.63) is 57.6 Å². The predicted molar refractivity (Wildman–Crippen MR) is 95.1 cm³/mol. The molecule has 0 atom stereocenters. The second-order valence-corrected chi connectivity index (χ2v) is 6.52. The van der Waals surface area contributed by atoms with Gasteiger partial charge in [0.05, 0.1) is 21.4 Å². The molecule has 0 unspecified atom stereocenters. The van der Waals surface area contributed by atoms with E-state index in [-0.39, 0.29) is 27.8 Å². The van der Waals surface area contributed by atoms with Crippen LogP contribution in [-0.2, 0) is 16.0 Å². The lowest BCUT2D eigenvalue weighted by molar-refractivity contribution is -0.167. The average Bonchev–Trinajstić information content (AvgIpc) is 2.57. The van der Waals surface area contributed by atoms with Crippen molar-refractivity contribution in [2.45, 2.75) is 18.8 Å². The molecule has 0 saturated carbocycles. The molecular formula is C17H10Cl2F6N2O2. The van der Waals surface area contributed by atoms with Crippen molar-refractivity contribution in [1.29, 1.82) is 0 Å². The minimum atomic E-state index is -5.07. The zero-order valence-corrected chi connectivity index (χ0v) is 15.5. The van der Waals surface area contributed by atoms with Crippen molar-refractivity contribution in [2.24, 2.45) is 0 Å². The molecule has 2 aromatic carbocycles. The van der Waals surface area contributed by atoms with Crippen LogP contribution < -0.4 is 10.6 Å². The van der Waals surface area contributed by atoms with Gasteiger partial charge in [-0.3, -0.25) is 9.59 Å². The molecule has 0 saturated heterocycles. The molecule has 4 nitrogen and oxygen atoms in total. The van der Waals surface area contributed by atoms with Crippen LogP contribution in [0.25, 0.3) is 0 Å². The van der Waals surface area contributed by atoms with Crippen molar-refractivity contribution in [2.75, 3.05) is 10.6 Å². The van der Waals surface area contributed by atoms with E-state index in [1.165, 1.54) is 36.4 Å². The molecule has 0 aliphatic rings. The van der Waals surface area contributed by atoms with Crippen LogP contribution in [0.1, 0.15) is 11.1 Å². The topological polar surface area (TPSA) is 58.2 Å². The summed E-state index contributed by atoms with van der Waals surface area (Å²) < 4.78 is 73.8. The number of rotatable bonds is 4. The number of hydrogen-bond acceptors (Lipinski definition) is 2. The normalized spacial score (nSPS) is 11.9. The predicted octanol–water partition coefficient (Wildman–Crippen LogP) is 5.59. The molecule has 29 heavy (non-hydrogen) atoms. The van der Waals surface area contributed by atoms with Gasteiger partial charge < -0.3 is 10.6 Å². The van der Waals surface area contributed by atoms with Gasteiger partial charge in [-0.15, -0.1) is 0 Å². The molecule has 0 radical (unpaired) electrons. The number of nitrogens with one attached hydrogen (secondary N) is 2. The molecule has 2 aromatic rings. The number of benzene rings is 2. The maximum atomic E-state index is 12.3. The number of anilines is 2. The van der Waals surface area contributed by atoms with Gasteiger partial charge in [0.1, 0.15) is 0 Å². The summed E-state index contributed by atoms with van der Waals surface area (Å²) in [6.07, 6.45) is -9.95. The first-order valence-corrected chi connectivity index (χ1v) is 8.36. The van der Waals surface area contributed by atoms with Gasteiger partial charge in [0.15, 0.2) is 0 Å². The lowest BCUT2D eigenvalue weighted by Gasteiger charge is -2.12. The molecule has 2 rings (SSSR count). The van der Waals surface area contributed by atoms with Gasteiger partial charge in [0.2, 0.25) is 0 Å². The molecule has 0 aromatic heterocycles. The monoisotopic (exact) mass is 458 g/mol. The zero-order chi connectivity index (χ0) is 22.0. The quantitative estimate of drug-likeness (QED) is 0.587. The summed E-state index contributed by atoms with van der Waals surface area (Å²) in [6, 6.07) is 7.82. The Hall–Kier alpha value is -2.46. The molecule has 0 fully saturated rings. The standard InChI is InChI=1S/C17H10Cl2F6N2O2/c18-10-6-8(1-3-12(10)26-14(28)16(20,21)22)5-9-2-4-13(11(19)7-9)27-15(29)17(23,24)25/h1-4,6-7H,5H2,(H,26,28)(H,27,29). The SMILES string of the molecule is O=C(Nc1ccc(Cc2ccc(NC(=O)C(F)(F)F)c(Cl)c2)cc1Cl)C(F)(F)F. The van der Waals surface area contributed by atoms with E-state index in [2.05, 4.69) is 0 Å². The van der Waals surface area contributed by atoms with Crippen LogP contribution in [0.5, 0.6) is 0 Å². The summed E-state index contributed by atoms with van der Waals surface area (Å²) in [6.45, 7) is 0. The lowest BCUT2D eigenvalue weighted by Crippen LogP contribution is -2.30. The Labute approximate surface area is 169 Å². The maximum absolute atomic E-state index is 12.3. The van der Waals surface area contributed by atoms with E-state index in [0.29, 0.717) is 11.1 Å². The van der Waals surface area contributed by atoms with Crippen molar-refractivity contribution in [1.82, 2.24) is 0 Å². The first kappa shape index (κ1) is 22.8. The van der Waals surface area contributed by atoms with E-state index >= 15 is 0 Å². The van der Waals surface area contributed by atoms with Crippen molar-refractivity contribution in [3.8, 4) is 0 Å². The molecule has 0 spiro atoms. The van der Waals surface area contributed by atoms with E-state index < -0.39 is 24.2 Å². The van der Waals surface area contributed by atoms with E-state index in [9.17, 15) is 35.9 Å². The molecule has 2 N–H and O–H groups in total. The number of carbonyl (C=O) groups is 2. The molecule has 0 aliphatic carbocycles. The van der Waals surface area contributed by atoms with Gasteiger partial charge in [-0.05, 0) is 41.8 Å². The van der Waals surface area contributed by atoms with Gasteiger partial charge in [0, 0.05) is 0 Å². The second kappa shape index (κ2) is 8.50. The Morgan fingerprint density at radius 2 is 1.07 bits per heavy atom. The van der Waals surface area contributed by atoms with Crippen LogP contribution in [0.15, 0.2) is 36.4 Å². The Morgan fingerprint density at radius 3 is 1.34 bits per heavy atom. The number of carbonyl (C=O) groups excluding carboxylic acids is 2. The maximum Gasteiger partial charge on any atom is 0.471 e. The Balaban J connectivity index is 2.12. The molecule has 0 bridgehead atoms. The lowest BCUT2D eigenvalue weighted by atomic mass is 10.0. The van der Waals surface area contributed by atoms with Crippen LogP contribution in [0.2, 0.25) is 10.0 Å². The smallest absolute Gasteiger partial charge is 0.317 e. The van der Waals surface area contributed by atoms with Gasteiger partial charge in [0.25, 0.3) is 0 Å². The molecule has 2 amide bonds. The third-order valence-corrected chi connectivity index (χ3v) is 4.11. The van der Waals surface area contributed by atoms with Gasteiger partial charge in [-0.2, -0.15) is 26.3 Å². The van der Waals surface area contributed by atoms with Gasteiger partial charge >= 0.3 is 24.2 Å². The summed E-state index contributed by atoms with van der Waals surface area (Å²) >= 11 is 11.8. The van der Waals surface area contributed by atoms with Gasteiger partial charge in [-0.25, -0.2) is 0 Å². The second-order valence-electron chi connectivity index (χ2n) is 5.71. The fraction of sp³-hybridized carbons (Fsp3) is 0.176. The third kappa shape index (κ3) is 6.26. The van der Waals surface area contributed by atoms with E-state index in [0.717, 1.165) is 0 Å². The summed E-state index contributed by atoms with van der Waals surface area (Å²) in [7, 11) is 0. The zero-order valence-electron chi connectivity index (χ0n) is 14.0. The van der Waals surface area contributed by atoms with E-state index in [1.807, 2.05) is 0 Å². The number of alkyl halides is 6. The fourth-order valence-electron chi connectivity index (χ4n) is 2.16. The first-order valence-electron chi connectivity index (χ1n) is 7.60. The first-order chi connectivity index (χ1) is 13.3. The van der Waals surface area contributed by atoms with E-state index in [1.54, 1.807) is 10.6 Å². The van der Waals surface area contributed by atoms with E-state index in [4.69, 9.17) is 23.2 Å². The average molecular weight is 459 g/mol. The van der Waals surface area contributed by atoms with Crippen LogP contribution in [0.3, 0.4) is 0 Å². The summed E-state index contributed by atoms with van der Waals surface area (Å²) in [5.41, 5.74) is 0.591. The number of hydrogen-bond donors (Lipinski definition) is 2. The van der Waals surface area contributed by atoms with Crippen molar-refractivity contribution >= 4 is 46.4 Å². The minimum absolute atomic E-state index is 0.139. The summed E-state index contributed by atoms with van der Waals surface area (Å²) in [5.74, 6) is -4.34. The van der Waals surface area contributed by atoms with Crippen LogP contribution in [0, 0.1) is 0 Å². The molecule has 12 heteroatoms. The number of halogens is 8. The van der Waals surface area contributed by atoms with Gasteiger partial charge in [-0.1, -0.05) is 35.3 Å². The fourth-order valence-corrected chi connectivity index (χ4v) is 2.66. The summed E-state index contributed by atoms with van der Waals surface area (Å²) in [4.78, 5) is 21.9. The third-order valence-electron chi connectivity index (χ3n) is 3.49.